The Morgan fingerprint density at radius 3 is 2.42 bits per heavy atom. The smallest absolute Gasteiger partial charge is 0.172 e. The zero-order valence-electron chi connectivity index (χ0n) is 10.6. The van der Waals surface area contributed by atoms with Crippen molar-refractivity contribution >= 4 is 29.5 Å². The Balaban J connectivity index is 2.55. The lowest BCUT2D eigenvalue weighted by atomic mass is 10.1. The molecule has 0 bridgehead atoms. The van der Waals surface area contributed by atoms with Crippen molar-refractivity contribution in [3.05, 3.63) is 39.6 Å². The summed E-state index contributed by atoms with van der Waals surface area (Å²) in [5.74, 6) is 0.380. The third kappa shape index (κ3) is 3.14. The Bertz CT molecular complexity index is 588. The number of aldehydes is 1. The van der Waals surface area contributed by atoms with Gasteiger partial charge in [-0.3, -0.25) is 4.79 Å². The second-order valence-corrected chi connectivity index (χ2v) is 5.55. The Morgan fingerprint density at radius 2 is 1.89 bits per heavy atom. The lowest BCUT2D eigenvalue weighted by molar-refractivity contribution is 0.111. The topological polar surface area (TPSA) is 47.8 Å². The van der Waals surface area contributed by atoms with Crippen LogP contribution in [0.25, 0.3) is 5.69 Å². The van der Waals surface area contributed by atoms with Crippen LogP contribution in [0.5, 0.6) is 0 Å². The Morgan fingerprint density at radius 1 is 1.26 bits per heavy atom. The van der Waals surface area contributed by atoms with Crippen molar-refractivity contribution in [2.24, 2.45) is 5.92 Å². The van der Waals surface area contributed by atoms with Crippen molar-refractivity contribution in [3.8, 4) is 5.69 Å². The minimum atomic E-state index is 0.352. The van der Waals surface area contributed by atoms with E-state index in [1.165, 1.54) is 0 Å². The van der Waals surface area contributed by atoms with Crippen LogP contribution in [0.2, 0.25) is 10.0 Å². The van der Waals surface area contributed by atoms with Crippen LogP contribution in [-0.4, -0.2) is 21.3 Å². The number of nitrogens with zero attached hydrogens (tertiary/aromatic N) is 3. The van der Waals surface area contributed by atoms with E-state index in [4.69, 9.17) is 23.2 Å². The lowest BCUT2D eigenvalue weighted by Crippen LogP contribution is -2.07. The minimum absolute atomic E-state index is 0.352. The average molecular weight is 298 g/mol. The van der Waals surface area contributed by atoms with E-state index >= 15 is 0 Å². The van der Waals surface area contributed by atoms with Crippen LogP contribution in [0, 0.1) is 5.92 Å². The number of rotatable bonds is 4. The molecular weight excluding hydrogens is 285 g/mol. The summed E-state index contributed by atoms with van der Waals surface area (Å²) < 4.78 is 1.61. The van der Waals surface area contributed by atoms with Gasteiger partial charge in [0.2, 0.25) is 0 Å². The van der Waals surface area contributed by atoms with Crippen LogP contribution in [0.1, 0.15) is 30.0 Å². The number of benzene rings is 1. The summed E-state index contributed by atoms with van der Waals surface area (Å²) in [4.78, 5) is 11.0. The van der Waals surface area contributed by atoms with Gasteiger partial charge in [-0.25, -0.2) is 4.68 Å². The van der Waals surface area contributed by atoms with Crippen LogP contribution in [0.4, 0.5) is 0 Å². The first-order valence-corrected chi connectivity index (χ1v) is 6.63. The molecule has 1 heterocycles. The van der Waals surface area contributed by atoms with Gasteiger partial charge in [0, 0.05) is 10.0 Å². The van der Waals surface area contributed by atoms with E-state index in [-0.39, 0.29) is 0 Å². The molecule has 19 heavy (non-hydrogen) atoms. The van der Waals surface area contributed by atoms with E-state index in [0.717, 1.165) is 5.69 Å². The molecule has 0 aliphatic carbocycles. The lowest BCUT2D eigenvalue weighted by Gasteiger charge is -2.09. The predicted octanol–water partition coefficient (Wildman–Crippen LogP) is 3.59. The molecule has 2 aromatic rings. The van der Waals surface area contributed by atoms with Crippen molar-refractivity contribution < 1.29 is 4.79 Å². The summed E-state index contributed by atoms with van der Waals surface area (Å²) in [5.41, 5.74) is 1.82. The highest BCUT2D eigenvalue weighted by atomic mass is 35.5. The maximum atomic E-state index is 11.0. The van der Waals surface area contributed by atoms with Gasteiger partial charge >= 0.3 is 0 Å². The summed E-state index contributed by atoms with van der Waals surface area (Å²) in [7, 11) is 0. The highest BCUT2D eigenvalue weighted by molar-refractivity contribution is 6.34. The van der Waals surface area contributed by atoms with Crippen molar-refractivity contribution in [3.63, 3.8) is 0 Å². The predicted molar refractivity (Wildman–Crippen MR) is 75.3 cm³/mol. The van der Waals surface area contributed by atoms with Crippen LogP contribution < -0.4 is 0 Å². The van der Waals surface area contributed by atoms with Crippen LogP contribution in [0.3, 0.4) is 0 Å². The van der Waals surface area contributed by atoms with Gasteiger partial charge in [0.05, 0.1) is 11.4 Å². The molecule has 0 aliphatic rings. The summed E-state index contributed by atoms with van der Waals surface area (Å²) >= 11 is 12.0. The number of hydrogen-bond acceptors (Lipinski definition) is 3. The fourth-order valence-corrected chi connectivity index (χ4v) is 2.37. The number of hydrogen-bond donors (Lipinski definition) is 0. The first-order valence-electron chi connectivity index (χ1n) is 5.87. The minimum Gasteiger partial charge on any atom is -0.296 e. The molecule has 1 aromatic heterocycles. The van der Waals surface area contributed by atoms with Gasteiger partial charge in [-0.1, -0.05) is 42.3 Å². The average Bonchev–Trinajstić information content (AvgIpc) is 2.69. The van der Waals surface area contributed by atoms with Gasteiger partial charge in [-0.05, 0) is 30.5 Å². The standard InChI is InChI=1S/C13H13Cl2N3O/c1-8(2)3-13-12(7-19)16-17-18(13)11-5-9(14)4-10(15)6-11/h4-8H,3H2,1-2H3. The number of aromatic nitrogens is 3. The Hall–Kier alpha value is -1.39. The maximum Gasteiger partial charge on any atom is 0.172 e. The van der Waals surface area contributed by atoms with E-state index in [1.54, 1.807) is 22.9 Å². The van der Waals surface area contributed by atoms with E-state index < -0.39 is 0 Å². The van der Waals surface area contributed by atoms with Crippen LogP contribution in [0.15, 0.2) is 18.2 Å². The molecular formula is C13H13Cl2N3O. The maximum absolute atomic E-state index is 11.0. The second-order valence-electron chi connectivity index (χ2n) is 4.68. The Kier molecular flexibility index (Phi) is 4.22. The van der Waals surface area contributed by atoms with Crippen molar-refractivity contribution in [1.82, 2.24) is 15.0 Å². The molecule has 2 rings (SSSR count). The van der Waals surface area contributed by atoms with Gasteiger partial charge in [-0.15, -0.1) is 5.10 Å². The third-order valence-electron chi connectivity index (χ3n) is 2.60. The van der Waals surface area contributed by atoms with E-state index in [1.807, 2.05) is 0 Å². The quantitative estimate of drug-likeness (QED) is 0.810. The highest BCUT2D eigenvalue weighted by Crippen LogP contribution is 2.23. The zero-order valence-corrected chi connectivity index (χ0v) is 12.1. The molecule has 0 fully saturated rings. The fraction of sp³-hybridized carbons (Fsp3) is 0.308. The first kappa shape index (κ1) is 14.0. The number of halogens is 2. The van der Waals surface area contributed by atoms with Crippen LogP contribution >= 0.6 is 23.2 Å². The molecule has 4 nitrogen and oxygen atoms in total. The van der Waals surface area contributed by atoms with E-state index in [2.05, 4.69) is 24.2 Å². The normalized spacial score (nSPS) is 11.0. The van der Waals surface area contributed by atoms with Crippen molar-refractivity contribution in [1.29, 1.82) is 0 Å². The van der Waals surface area contributed by atoms with Crippen LogP contribution in [-0.2, 0) is 6.42 Å². The molecule has 0 saturated heterocycles. The molecule has 6 heteroatoms. The molecule has 0 N–H and O–H groups in total. The second kappa shape index (κ2) is 5.72. The molecule has 0 amide bonds. The molecule has 100 valence electrons. The molecule has 0 radical (unpaired) electrons. The molecule has 0 atom stereocenters. The summed E-state index contributed by atoms with van der Waals surface area (Å²) in [6.07, 6.45) is 1.42. The molecule has 1 aromatic carbocycles. The third-order valence-corrected chi connectivity index (χ3v) is 3.03. The van der Waals surface area contributed by atoms with Crippen molar-refractivity contribution in [2.75, 3.05) is 0 Å². The molecule has 0 spiro atoms. The summed E-state index contributed by atoms with van der Waals surface area (Å²) in [6.45, 7) is 4.13. The molecule has 0 saturated carbocycles. The van der Waals surface area contributed by atoms with E-state index in [9.17, 15) is 4.79 Å². The highest BCUT2D eigenvalue weighted by Gasteiger charge is 2.15. The largest absolute Gasteiger partial charge is 0.296 e. The summed E-state index contributed by atoms with van der Waals surface area (Å²) in [6, 6.07) is 5.12. The van der Waals surface area contributed by atoms with Crippen molar-refractivity contribution in [2.45, 2.75) is 20.3 Å². The van der Waals surface area contributed by atoms with Gasteiger partial charge in [0.15, 0.2) is 6.29 Å². The number of carbonyl (C=O) groups excluding carboxylic acids is 1. The molecule has 0 unspecified atom stereocenters. The monoisotopic (exact) mass is 297 g/mol. The SMILES string of the molecule is CC(C)Cc1c(C=O)nnn1-c1cc(Cl)cc(Cl)c1. The first-order chi connectivity index (χ1) is 9.01. The fourth-order valence-electron chi connectivity index (χ4n) is 1.85. The Labute approximate surface area is 121 Å². The summed E-state index contributed by atoms with van der Waals surface area (Å²) in [5, 5.41) is 8.92. The zero-order chi connectivity index (χ0) is 14.0. The van der Waals surface area contributed by atoms with Gasteiger partial charge < -0.3 is 0 Å². The van der Waals surface area contributed by atoms with Gasteiger partial charge in [0.25, 0.3) is 0 Å². The molecule has 0 aliphatic heterocycles. The number of carbonyl (C=O) groups is 1. The van der Waals surface area contributed by atoms with Gasteiger partial charge in [0.1, 0.15) is 5.69 Å². The van der Waals surface area contributed by atoms with Gasteiger partial charge in [-0.2, -0.15) is 0 Å². The van der Waals surface area contributed by atoms with E-state index in [0.29, 0.717) is 40.1 Å².